The highest BCUT2D eigenvalue weighted by atomic mass is 16.5. The van der Waals surface area contributed by atoms with Crippen LogP contribution in [0.4, 0.5) is 0 Å². The van der Waals surface area contributed by atoms with Gasteiger partial charge < -0.3 is 4.52 Å². The van der Waals surface area contributed by atoms with Crippen LogP contribution in [0.25, 0.3) is 23.1 Å². The number of nitrogens with zero attached hydrogens (tertiary/aromatic N) is 4. The molecular formula is C13H11N5O. The van der Waals surface area contributed by atoms with Crippen LogP contribution in [0.1, 0.15) is 17.7 Å². The molecule has 6 heteroatoms. The molecule has 3 aromatic heterocycles. The maximum atomic E-state index is 5.31. The third-order valence-corrected chi connectivity index (χ3v) is 3.33. The molecule has 0 saturated carbocycles. The predicted molar refractivity (Wildman–Crippen MR) is 67.1 cm³/mol. The maximum Gasteiger partial charge on any atom is 0.279 e. The fourth-order valence-corrected chi connectivity index (χ4v) is 2.41. The van der Waals surface area contributed by atoms with E-state index in [1.807, 2.05) is 18.2 Å². The third-order valence-electron chi connectivity index (χ3n) is 3.33. The normalized spacial score (nSPS) is 13.7. The van der Waals surface area contributed by atoms with Gasteiger partial charge in [0.15, 0.2) is 5.69 Å². The van der Waals surface area contributed by atoms with Gasteiger partial charge in [-0.05, 0) is 31.4 Å². The van der Waals surface area contributed by atoms with Crippen LogP contribution in [-0.4, -0.2) is 25.3 Å². The van der Waals surface area contributed by atoms with E-state index in [1.54, 1.807) is 6.20 Å². The van der Waals surface area contributed by atoms with E-state index < -0.39 is 0 Å². The number of aromatic amines is 1. The van der Waals surface area contributed by atoms with Crippen LogP contribution in [0, 0.1) is 0 Å². The molecule has 0 atom stereocenters. The molecule has 1 aliphatic carbocycles. The largest absolute Gasteiger partial charge is 0.332 e. The standard InChI is InChI=1S/C13H11N5O/c1-2-7-14-10(5-1)12-15-13(19-18-12)11-8-4-3-6-9(8)16-17-11/h1-2,5,7H,3-4,6H2,(H,16,17). The molecule has 0 unspecified atom stereocenters. The Kier molecular flexibility index (Phi) is 2.20. The summed E-state index contributed by atoms with van der Waals surface area (Å²) in [6.45, 7) is 0. The van der Waals surface area contributed by atoms with E-state index in [4.69, 9.17) is 4.52 Å². The first kappa shape index (κ1) is 10.4. The van der Waals surface area contributed by atoms with Gasteiger partial charge in [0.1, 0.15) is 5.69 Å². The second-order valence-electron chi connectivity index (χ2n) is 4.52. The minimum atomic E-state index is 0.458. The lowest BCUT2D eigenvalue weighted by Gasteiger charge is -1.91. The first-order chi connectivity index (χ1) is 9.42. The fourth-order valence-electron chi connectivity index (χ4n) is 2.41. The summed E-state index contributed by atoms with van der Waals surface area (Å²) < 4.78 is 5.31. The molecule has 0 spiro atoms. The highest BCUT2D eigenvalue weighted by molar-refractivity contribution is 5.58. The molecule has 1 aliphatic rings. The van der Waals surface area contributed by atoms with Crippen molar-refractivity contribution in [3.8, 4) is 23.1 Å². The molecule has 1 N–H and O–H groups in total. The quantitative estimate of drug-likeness (QED) is 0.755. The lowest BCUT2D eigenvalue weighted by atomic mass is 10.2. The minimum Gasteiger partial charge on any atom is -0.332 e. The van der Waals surface area contributed by atoms with E-state index in [9.17, 15) is 0 Å². The molecule has 0 amide bonds. The van der Waals surface area contributed by atoms with Gasteiger partial charge in [0.2, 0.25) is 5.82 Å². The molecule has 3 heterocycles. The first-order valence-electron chi connectivity index (χ1n) is 6.23. The van der Waals surface area contributed by atoms with E-state index in [2.05, 4.69) is 25.3 Å². The van der Waals surface area contributed by atoms with Crippen molar-refractivity contribution >= 4 is 0 Å². The molecule has 6 nitrogen and oxygen atoms in total. The SMILES string of the molecule is c1ccc(-c2noc(-c3n[nH]c4c3CCC4)n2)nc1. The number of hydrogen-bond acceptors (Lipinski definition) is 5. The van der Waals surface area contributed by atoms with Gasteiger partial charge in [-0.25, -0.2) is 0 Å². The molecule has 0 aromatic carbocycles. The van der Waals surface area contributed by atoms with Crippen LogP contribution in [0.15, 0.2) is 28.9 Å². The molecule has 4 rings (SSSR count). The van der Waals surface area contributed by atoms with Gasteiger partial charge in [-0.15, -0.1) is 0 Å². The fraction of sp³-hybridized carbons (Fsp3) is 0.231. The van der Waals surface area contributed by atoms with E-state index >= 15 is 0 Å². The Hall–Kier alpha value is -2.50. The average molecular weight is 253 g/mol. The Labute approximate surface area is 108 Å². The van der Waals surface area contributed by atoms with E-state index in [0.29, 0.717) is 17.4 Å². The first-order valence-corrected chi connectivity index (χ1v) is 6.23. The van der Waals surface area contributed by atoms with Gasteiger partial charge in [0.05, 0.1) is 0 Å². The number of pyridine rings is 1. The molecule has 0 fully saturated rings. The van der Waals surface area contributed by atoms with Crippen molar-refractivity contribution in [2.24, 2.45) is 0 Å². The third kappa shape index (κ3) is 1.64. The van der Waals surface area contributed by atoms with Crippen molar-refractivity contribution in [1.82, 2.24) is 25.3 Å². The lowest BCUT2D eigenvalue weighted by Crippen LogP contribution is -1.86. The molecule has 0 radical (unpaired) electrons. The monoisotopic (exact) mass is 253 g/mol. The highest BCUT2D eigenvalue weighted by Crippen LogP contribution is 2.29. The second-order valence-corrected chi connectivity index (χ2v) is 4.52. The highest BCUT2D eigenvalue weighted by Gasteiger charge is 2.23. The number of fused-ring (bicyclic) bond motifs is 1. The Morgan fingerprint density at radius 2 is 2.21 bits per heavy atom. The van der Waals surface area contributed by atoms with Crippen LogP contribution in [-0.2, 0) is 12.8 Å². The zero-order chi connectivity index (χ0) is 12.7. The Bertz CT molecular complexity index is 716. The average Bonchev–Trinajstić information content (AvgIpc) is 3.15. The number of aromatic nitrogens is 5. The molecular weight excluding hydrogens is 242 g/mol. The summed E-state index contributed by atoms with van der Waals surface area (Å²) in [4.78, 5) is 8.58. The summed E-state index contributed by atoms with van der Waals surface area (Å²) in [5, 5.41) is 11.3. The van der Waals surface area contributed by atoms with Crippen LogP contribution in [0.3, 0.4) is 0 Å². The Morgan fingerprint density at radius 3 is 3.11 bits per heavy atom. The number of nitrogens with one attached hydrogen (secondary N) is 1. The molecule has 19 heavy (non-hydrogen) atoms. The van der Waals surface area contributed by atoms with Gasteiger partial charge in [0, 0.05) is 17.5 Å². The van der Waals surface area contributed by atoms with E-state index in [-0.39, 0.29) is 0 Å². The zero-order valence-electron chi connectivity index (χ0n) is 10.1. The van der Waals surface area contributed by atoms with Crippen molar-refractivity contribution in [1.29, 1.82) is 0 Å². The lowest BCUT2D eigenvalue weighted by molar-refractivity contribution is 0.430. The maximum absolute atomic E-state index is 5.31. The summed E-state index contributed by atoms with van der Waals surface area (Å²) in [5.41, 5.74) is 3.87. The Morgan fingerprint density at radius 1 is 1.21 bits per heavy atom. The minimum absolute atomic E-state index is 0.458. The molecule has 0 bridgehead atoms. The van der Waals surface area contributed by atoms with Crippen molar-refractivity contribution in [2.45, 2.75) is 19.3 Å². The number of hydrogen-bond donors (Lipinski definition) is 1. The van der Waals surface area contributed by atoms with Crippen molar-refractivity contribution < 1.29 is 4.52 Å². The van der Waals surface area contributed by atoms with E-state index in [1.165, 1.54) is 11.3 Å². The second kappa shape index (κ2) is 4.01. The number of rotatable bonds is 2. The number of aryl methyl sites for hydroxylation is 1. The summed E-state index contributed by atoms with van der Waals surface area (Å²) in [6.07, 6.45) is 4.92. The molecule has 0 saturated heterocycles. The van der Waals surface area contributed by atoms with Crippen LogP contribution in [0.5, 0.6) is 0 Å². The van der Waals surface area contributed by atoms with Crippen LogP contribution >= 0.6 is 0 Å². The van der Waals surface area contributed by atoms with Crippen LogP contribution in [0.2, 0.25) is 0 Å². The molecule has 94 valence electrons. The van der Waals surface area contributed by atoms with Gasteiger partial charge in [-0.2, -0.15) is 10.1 Å². The predicted octanol–water partition coefficient (Wildman–Crippen LogP) is 2.01. The zero-order valence-corrected chi connectivity index (χ0v) is 10.1. The molecule has 0 aliphatic heterocycles. The van der Waals surface area contributed by atoms with Gasteiger partial charge in [0.25, 0.3) is 5.89 Å². The summed E-state index contributed by atoms with van der Waals surface area (Å²) in [6, 6.07) is 5.60. The summed E-state index contributed by atoms with van der Waals surface area (Å²) in [7, 11) is 0. The van der Waals surface area contributed by atoms with Crippen molar-refractivity contribution in [3.63, 3.8) is 0 Å². The van der Waals surface area contributed by atoms with Gasteiger partial charge >= 0.3 is 0 Å². The summed E-state index contributed by atoms with van der Waals surface area (Å²) >= 11 is 0. The topological polar surface area (TPSA) is 80.5 Å². The van der Waals surface area contributed by atoms with Gasteiger partial charge in [-0.3, -0.25) is 10.1 Å². The van der Waals surface area contributed by atoms with Crippen molar-refractivity contribution in [2.75, 3.05) is 0 Å². The molecule has 3 aromatic rings. The summed E-state index contributed by atoms with van der Waals surface area (Å²) in [5.74, 6) is 0.949. The van der Waals surface area contributed by atoms with Crippen molar-refractivity contribution in [3.05, 3.63) is 35.7 Å². The van der Waals surface area contributed by atoms with Gasteiger partial charge in [-0.1, -0.05) is 11.2 Å². The smallest absolute Gasteiger partial charge is 0.279 e. The van der Waals surface area contributed by atoms with Crippen LogP contribution < -0.4 is 0 Å². The van der Waals surface area contributed by atoms with E-state index in [0.717, 1.165) is 25.0 Å². The number of H-pyrrole nitrogens is 1. The Balaban J connectivity index is 1.75.